The van der Waals surface area contributed by atoms with Gasteiger partial charge in [-0.25, -0.2) is 4.79 Å². The topological polar surface area (TPSA) is 76.0 Å². The summed E-state index contributed by atoms with van der Waals surface area (Å²) in [7, 11) is 0. The van der Waals surface area contributed by atoms with Gasteiger partial charge in [0.25, 0.3) is 0 Å². The lowest BCUT2D eigenvalue weighted by Gasteiger charge is -2.48. The zero-order valence-electron chi connectivity index (χ0n) is 11.5. The van der Waals surface area contributed by atoms with E-state index in [0.29, 0.717) is 24.0 Å². The van der Waals surface area contributed by atoms with Gasteiger partial charge >= 0.3 is 5.97 Å². The van der Waals surface area contributed by atoms with Crippen LogP contribution < -0.4 is 0 Å². The quantitative estimate of drug-likeness (QED) is 0.424. The molecule has 0 radical (unpaired) electrons. The van der Waals surface area contributed by atoms with E-state index >= 15 is 0 Å². The summed E-state index contributed by atoms with van der Waals surface area (Å²) in [6, 6.07) is 0. The first-order valence-electron chi connectivity index (χ1n) is 7.02. The maximum Gasteiger partial charge on any atom is 0.336 e. The molecule has 2 N–H and O–H groups in total. The zero-order chi connectivity index (χ0) is 14.5. The highest BCUT2D eigenvalue weighted by molar-refractivity contribution is 5.90. The molecule has 20 heavy (non-hydrogen) atoms. The molecule has 2 fully saturated rings. The van der Waals surface area contributed by atoms with E-state index in [1.54, 1.807) is 0 Å². The van der Waals surface area contributed by atoms with E-state index in [9.17, 15) is 15.0 Å². The van der Waals surface area contributed by atoms with Crippen LogP contribution in [0.4, 0.5) is 0 Å². The molecule has 0 aromatic rings. The van der Waals surface area contributed by atoms with Gasteiger partial charge in [-0.1, -0.05) is 19.6 Å². The van der Waals surface area contributed by atoms with Crippen molar-refractivity contribution < 1.29 is 24.5 Å². The lowest BCUT2D eigenvalue weighted by atomic mass is 9.72. The van der Waals surface area contributed by atoms with E-state index in [2.05, 4.69) is 13.5 Å². The molecule has 3 aliphatic rings. The first-order valence-corrected chi connectivity index (χ1v) is 7.02. The average Bonchev–Trinajstić information content (AvgIpc) is 2.65. The Morgan fingerprint density at radius 2 is 2.30 bits per heavy atom. The van der Waals surface area contributed by atoms with Crippen molar-refractivity contribution >= 4 is 5.97 Å². The Balaban J connectivity index is 1.87. The summed E-state index contributed by atoms with van der Waals surface area (Å²) in [4.78, 5) is 11.6. The molecule has 0 saturated carbocycles. The van der Waals surface area contributed by atoms with E-state index in [0.717, 1.165) is 6.42 Å². The zero-order valence-corrected chi connectivity index (χ0v) is 11.5. The molecule has 0 bridgehead atoms. The van der Waals surface area contributed by atoms with Gasteiger partial charge in [-0.2, -0.15) is 0 Å². The molecule has 3 rings (SSSR count). The van der Waals surface area contributed by atoms with Gasteiger partial charge in [0.05, 0.1) is 12.7 Å². The lowest BCUT2D eigenvalue weighted by Crippen LogP contribution is -2.54. The van der Waals surface area contributed by atoms with E-state index in [-0.39, 0.29) is 18.4 Å². The Hall–Kier alpha value is -1.17. The Bertz CT molecular complexity index is 465. The van der Waals surface area contributed by atoms with Gasteiger partial charge in [0.15, 0.2) is 0 Å². The van der Waals surface area contributed by atoms with E-state index in [1.165, 1.54) is 0 Å². The van der Waals surface area contributed by atoms with Crippen molar-refractivity contribution in [2.24, 2.45) is 11.8 Å². The van der Waals surface area contributed by atoms with Gasteiger partial charge in [0.1, 0.15) is 6.10 Å². The van der Waals surface area contributed by atoms with Crippen molar-refractivity contribution in [1.82, 2.24) is 0 Å². The van der Waals surface area contributed by atoms with Crippen LogP contribution in [0.3, 0.4) is 0 Å². The first-order chi connectivity index (χ1) is 9.46. The number of aliphatic hydroxyl groups is 2. The Morgan fingerprint density at radius 3 is 2.90 bits per heavy atom. The highest BCUT2D eigenvalue weighted by atomic mass is 16.7. The largest absolute Gasteiger partial charge is 0.429 e. The van der Waals surface area contributed by atoms with Gasteiger partial charge in [0.2, 0.25) is 5.79 Å². The maximum absolute atomic E-state index is 11.6. The summed E-state index contributed by atoms with van der Waals surface area (Å²) in [5.41, 5.74) is 0.998. The molecule has 1 aliphatic carbocycles. The Labute approximate surface area is 117 Å². The highest BCUT2D eigenvalue weighted by Crippen LogP contribution is 2.48. The van der Waals surface area contributed by atoms with Crippen molar-refractivity contribution in [3.8, 4) is 0 Å². The molecule has 1 spiro atoms. The predicted octanol–water partition coefficient (Wildman–Crippen LogP) is 0.910. The number of fused-ring (bicyclic) bond motifs is 1. The first kappa shape index (κ1) is 13.8. The summed E-state index contributed by atoms with van der Waals surface area (Å²) in [5, 5.41) is 19.6. The van der Waals surface area contributed by atoms with Crippen LogP contribution in [0.5, 0.6) is 0 Å². The monoisotopic (exact) mass is 280 g/mol. The maximum atomic E-state index is 11.6. The fourth-order valence-electron chi connectivity index (χ4n) is 3.65. The van der Waals surface area contributed by atoms with Crippen LogP contribution in [-0.4, -0.2) is 40.8 Å². The second kappa shape index (κ2) is 4.69. The standard InChI is InChI=1S/C15H20O5/c1-8-5-15(6-9(2)14(18)20-15)19-13-11(8)4-3-10(7-16)12(13)17/h3,8,11-13,16-17H,2,4-7H2,1H3. The van der Waals surface area contributed by atoms with Gasteiger partial charge in [-0.3, -0.25) is 0 Å². The predicted molar refractivity (Wildman–Crippen MR) is 70.5 cm³/mol. The SMILES string of the molecule is C=C1CC2(CC(C)C3CC=C(CO)C(O)C3O2)OC1=O. The molecule has 0 aromatic carbocycles. The summed E-state index contributed by atoms with van der Waals surface area (Å²) >= 11 is 0. The number of hydrogen-bond donors (Lipinski definition) is 2. The van der Waals surface area contributed by atoms with Crippen molar-refractivity contribution in [2.75, 3.05) is 6.61 Å². The Kier molecular flexibility index (Phi) is 3.23. The number of esters is 1. The minimum atomic E-state index is -0.979. The van der Waals surface area contributed by atoms with Crippen LogP contribution in [0.15, 0.2) is 23.8 Å². The van der Waals surface area contributed by atoms with E-state index in [1.807, 2.05) is 6.08 Å². The molecule has 2 heterocycles. The van der Waals surface area contributed by atoms with Crippen molar-refractivity contribution in [3.05, 3.63) is 23.8 Å². The Morgan fingerprint density at radius 1 is 1.55 bits per heavy atom. The fraction of sp³-hybridized carbons (Fsp3) is 0.667. The molecular weight excluding hydrogens is 260 g/mol. The molecule has 5 atom stereocenters. The number of ether oxygens (including phenoxy) is 2. The minimum Gasteiger partial charge on any atom is -0.429 e. The van der Waals surface area contributed by atoms with Crippen LogP contribution >= 0.6 is 0 Å². The summed E-state index contributed by atoms with van der Waals surface area (Å²) in [6.07, 6.45) is 2.35. The molecule has 110 valence electrons. The van der Waals surface area contributed by atoms with E-state index in [4.69, 9.17) is 9.47 Å². The summed E-state index contributed by atoms with van der Waals surface area (Å²) in [6.45, 7) is 5.60. The second-order valence-electron chi connectivity index (χ2n) is 6.13. The third kappa shape index (κ3) is 2.01. The lowest BCUT2D eigenvalue weighted by molar-refractivity contribution is -0.288. The molecule has 0 amide bonds. The molecule has 0 aromatic heterocycles. The third-order valence-corrected chi connectivity index (χ3v) is 4.71. The number of aliphatic hydroxyl groups excluding tert-OH is 2. The van der Waals surface area contributed by atoms with Crippen LogP contribution in [-0.2, 0) is 14.3 Å². The van der Waals surface area contributed by atoms with Gasteiger partial charge < -0.3 is 19.7 Å². The molecular formula is C15H20O5. The van der Waals surface area contributed by atoms with Crippen LogP contribution in [0.2, 0.25) is 0 Å². The van der Waals surface area contributed by atoms with Crippen molar-refractivity contribution in [3.63, 3.8) is 0 Å². The molecule has 2 aliphatic heterocycles. The minimum absolute atomic E-state index is 0.179. The third-order valence-electron chi connectivity index (χ3n) is 4.71. The number of carbonyl (C=O) groups excluding carboxylic acids is 1. The van der Waals surface area contributed by atoms with Crippen molar-refractivity contribution in [1.29, 1.82) is 0 Å². The molecule has 2 saturated heterocycles. The number of rotatable bonds is 1. The number of allylic oxidation sites excluding steroid dienone is 1. The number of hydrogen-bond acceptors (Lipinski definition) is 5. The molecule has 5 unspecified atom stereocenters. The highest BCUT2D eigenvalue weighted by Gasteiger charge is 2.54. The van der Waals surface area contributed by atoms with E-state index < -0.39 is 24.0 Å². The molecule has 5 nitrogen and oxygen atoms in total. The summed E-state index contributed by atoms with van der Waals surface area (Å²) in [5.74, 6) is -0.955. The summed E-state index contributed by atoms with van der Waals surface area (Å²) < 4.78 is 11.4. The van der Waals surface area contributed by atoms with Crippen LogP contribution in [0, 0.1) is 11.8 Å². The normalized spacial score (nSPS) is 44.2. The van der Waals surface area contributed by atoms with Gasteiger partial charge in [-0.15, -0.1) is 0 Å². The number of carbonyl (C=O) groups is 1. The average molecular weight is 280 g/mol. The van der Waals surface area contributed by atoms with Gasteiger partial charge in [-0.05, 0) is 23.8 Å². The van der Waals surface area contributed by atoms with Crippen LogP contribution in [0.25, 0.3) is 0 Å². The van der Waals surface area contributed by atoms with Gasteiger partial charge in [0, 0.05) is 18.4 Å². The van der Waals surface area contributed by atoms with Crippen LogP contribution in [0.1, 0.15) is 26.2 Å². The fourth-order valence-corrected chi connectivity index (χ4v) is 3.65. The van der Waals surface area contributed by atoms with Crippen molar-refractivity contribution in [2.45, 2.75) is 44.2 Å². The second-order valence-corrected chi connectivity index (χ2v) is 6.13. The smallest absolute Gasteiger partial charge is 0.336 e. The molecule has 5 heteroatoms.